The van der Waals surface area contributed by atoms with Crippen LogP contribution in [0.5, 0.6) is 0 Å². The summed E-state index contributed by atoms with van der Waals surface area (Å²) in [6.07, 6.45) is 0. The second kappa shape index (κ2) is 14.3. The predicted octanol–water partition coefficient (Wildman–Crippen LogP) is 17.8. The quantitative estimate of drug-likeness (QED) is 0.167. The number of fused-ring (bicyclic) bond motifs is 20. The first-order valence-electron chi connectivity index (χ1n) is 23.5. The third-order valence-electron chi connectivity index (χ3n) is 15.0. The van der Waals surface area contributed by atoms with Crippen molar-refractivity contribution in [3.05, 3.63) is 265 Å². The summed E-state index contributed by atoms with van der Waals surface area (Å²) < 4.78 is 5.09. The minimum absolute atomic E-state index is 0.455. The Hall–Kier alpha value is -8.50. The molecule has 11 aromatic carbocycles. The Bertz CT molecular complexity index is 4130. The van der Waals surface area contributed by atoms with E-state index in [9.17, 15) is 0 Å². The third kappa shape index (κ3) is 5.06. The molecule has 2 aliphatic carbocycles. The van der Waals surface area contributed by atoms with Crippen LogP contribution in [0.1, 0.15) is 22.3 Å². The molecule has 0 saturated carbocycles. The molecule has 0 amide bonds. The van der Waals surface area contributed by atoms with Crippen LogP contribution in [0.3, 0.4) is 0 Å². The first kappa shape index (κ1) is 37.7. The lowest BCUT2D eigenvalue weighted by atomic mass is 9.70. The van der Waals surface area contributed by atoms with E-state index in [1.165, 1.54) is 108 Å². The van der Waals surface area contributed by atoms with Crippen LogP contribution < -0.4 is 4.90 Å². The lowest BCUT2D eigenvalue weighted by Crippen LogP contribution is -2.26. The van der Waals surface area contributed by atoms with Gasteiger partial charge in [-0.25, -0.2) is 0 Å². The largest absolute Gasteiger partial charge is 0.310 e. The van der Waals surface area contributed by atoms with Crippen LogP contribution in [0.25, 0.3) is 91.8 Å². The van der Waals surface area contributed by atoms with Gasteiger partial charge in [-0.2, -0.15) is 0 Å². The molecular formula is C65H40N2S. The molecule has 0 bridgehead atoms. The van der Waals surface area contributed by atoms with E-state index in [4.69, 9.17) is 0 Å². The second-order valence-corrected chi connectivity index (χ2v) is 19.4. The molecule has 2 nitrogen and oxygen atoms in total. The average Bonchev–Trinajstić information content (AvgIpc) is 4.14. The molecular weight excluding hydrogens is 841 g/mol. The van der Waals surface area contributed by atoms with Crippen LogP contribution in [-0.4, -0.2) is 4.57 Å². The van der Waals surface area contributed by atoms with Crippen molar-refractivity contribution in [1.29, 1.82) is 0 Å². The van der Waals surface area contributed by atoms with Crippen LogP contribution in [-0.2, 0) is 5.41 Å². The van der Waals surface area contributed by atoms with Gasteiger partial charge >= 0.3 is 0 Å². The Kier molecular flexibility index (Phi) is 7.90. The zero-order valence-electron chi connectivity index (χ0n) is 36.9. The number of rotatable bonds is 5. The Morgan fingerprint density at radius 1 is 0.353 bits per heavy atom. The van der Waals surface area contributed by atoms with E-state index >= 15 is 0 Å². The van der Waals surface area contributed by atoms with Gasteiger partial charge in [0.25, 0.3) is 0 Å². The summed E-state index contributed by atoms with van der Waals surface area (Å²) in [5.41, 5.74) is 19.5. The van der Waals surface area contributed by atoms with E-state index in [2.05, 4.69) is 252 Å². The summed E-state index contributed by atoms with van der Waals surface area (Å²) in [4.78, 5) is 2.49. The highest BCUT2D eigenvalue weighted by atomic mass is 32.1. The van der Waals surface area contributed by atoms with Crippen molar-refractivity contribution < 1.29 is 0 Å². The molecule has 0 unspecified atom stereocenters. The fourth-order valence-electron chi connectivity index (χ4n) is 12.2. The SMILES string of the molecule is c1ccc(-c2ccc(N(c3ccc4c(c3)C3(c5ccccc5-c5ccccc53)c3ccccc3-4)c3ccc4sc5c6ccccc6c6c7ccccc7n(-c7ccccc7)c6c5c4c3)cc2)cc1. The van der Waals surface area contributed by atoms with E-state index in [1.807, 2.05) is 11.3 Å². The van der Waals surface area contributed by atoms with E-state index in [0.29, 0.717) is 0 Å². The molecule has 13 aromatic rings. The lowest BCUT2D eigenvalue weighted by molar-refractivity contribution is 0.793. The van der Waals surface area contributed by atoms with Gasteiger partial charge in [-0.05, 0) is 122 Å². The van der Waals surface area contributed by atoms with E-state index in [0.717, 1.165) is 22.7 Å². The highest BCUT2D eigenvalue weighted by Gasteiger charge is 2.51. The van der Waals surface area contributed by atoms with Crippen molar-refractivity contribution in [1.82, 2.24) is 4.57 Å². The maximum absolute atomic E-state index is 2.51. The van der Waals surface area contributed by atoms with Gasteiger partial charge in [0.05, 0.1) is 16.4 Å². The summed E-state index contributed by atoms with van der Waals surface area (Å²) in [7, 11) is 0. The smallest absolute Gasteiger partial charge is 0.0726 e. The monoisotopic (exact) mass is 880 g/mol. The molecule has 316 valence electrons. The molecule has 0 fully saturated rings. The number of thiophene rings is 1. The van der Waals surface area contributed by atoms with Gasteiger partial charge in [0.2, 0.25) is 0 Å². The molecule has 68 heavy (non-hydrogen) atoms. The highest BCUT2D eigenvalue weighted by Crippen LogP contribution is 2.63. The third-order valence-corrected chi connectivity index (χ3v) is 16.2. The summed E-state index contributed by atoms with van der Waals surface area (Å²) in [6, 6.07) is 90.4. The Labute approximate surface area is 397 Å². The first-order valence-corrected chi connectivity index (χ1v) is 24.3. The topological polar surface area (TPSA) is 8.17 Å². The molecule has 2 aromatic heterocycles. The van der Waals surface area contributed by atoms with Crippen LogP contribution in [0.4, 0.5) is 17.1 Å². The van der Waals surface area contributed by atoms with Crippen LogP contribution in [0.15, 0.2) is 243 Å². The van der Waals surface area contributed by atoms with Crippen molar-refractivity contribution in [2.75, 3.05) is 4.90 Å². The standard InChI is InChI=1S/C65H40N2S/c1-3-17-41(18-4-1)42-31-33-44(34-32-42)66(46-35-37-50-49-23-11-15-29-57(49)65(58(50)40-46)55-27-13-9-21-47(55)48-22-10-14-28-56(48)65)45-36-38-60-54(39-45)62-63-61(51-24-7-8-25-52(51)64(62)68-60)53-26-12-16-30-59(53)67(63)43-19-5-2-6-20-43/h1-40H. The minimum Gasteiger partial charge on any atom is -0.310 e. The molecule has 2 aliphatic rings. The van der Waals surface area contributed by atoms with Crippen molar-refractivity contribution in [2.45, 2.75) is 5.41 Å². The summed E-state index contributed by atoms with van der Waals surface area (Å²) in [6.45, 7) is 0. The summed E-state index contributed by atoms with van der Waals surface area (Å²) in [5.74, 6) is 0. The Morgan fingerprint density at radius 2 is 0.868 bits per heavy atom. The molecule has 0 atom stereocenters. The summed E-state index contributed by atoms with van der Waals surface area (Å²) in [5, 5.41) is 7.70. The number of para-hydroxylation sites is 2. The van der Waals surface area contributed by atoms with Crippen molar-refractivity contribution in [3.63, 3.8) is 0 Å². The molecule has 0 aliphatic heterocycles. The van der Waals surface area contributed by atoms with Crippen LogP contribution in [0.2, 0.25) is 0 Å². The Balaban J connectivity index is 1.02. The zero-order chi connectivity index (χ0) is 44.5. The number of nitrogens with zero attached hydrogens (tertiary/aromatic N) is 2. The summed E-state index contributed by atoms with van der Waals surface area (Å²) >= 11 is 1.91. The van der Waals surface area contributed by atoms with Crippen LogP contribution >= 0.6 is 11.3 Å². The molecule has 0 saturated heterocycles. The number of hydrogen-bond acceptors (Lipinski definition) is 2. The fraction of sp³-hybridized carbons (Fsp3) is 0.0154. The van der Waals surface area contributed by atoms with Gasteiger partial charge in [-0.15, -0.1) is 11.3 Å². The van der Waals surface area contributed by atoms with Crippen molar-refractivity contribution in [3.8, 4) is 39.1 Å². The predicted molar refractivity (Wildman–Crippen MR) is 288 cm³/mol. The molecule has 0 radical (unpaired) electrons. The molecule has 2 heterocycles. The zero-order valence-corrected chi connectivity index (χ0v) is 37.7. The van der Waals surface area contributed by atoms with Crippen LogP contribution in [0, 0.1) is 0 Å². The maximum atomic E-state index is 2.51. The average molecular weight is 881 g/mol. The Morgan fingerprint density at radius 3 is 1.56 bits per heavy atom. The molecule has 15 rings (SSSR count). The molecule has 3 heteroatoms. The van der Waals surface area contributed by atoms with Gasteiger partial charge in [0.15, 0.2) is 0 Å². The minimum atomic E-state index is -0.455. The van der Waals surface area contributed by atoms with Gasteiger partial charge in [-0.1, -0.05) is 182 Å². The van der Waals surface area contributed by atoms with Crippen molar-refractivity contribution in [2.24, 2.45) is 0 Å². The van der Waals surface area contributed by atoms with Crippen molar-refractivity contribution >= 4 is 81.1 Å². The van der Waals surface area contributed by atoms with E-state index in [1.54, 1.807) is 0 Å². The number of benzene rings is 11. The van der Waals surface area contributed by atoms with Gasteiger partial charge < -0.3 is 9.47 Å². The number of anilines is 3. The number of hydrogen-bond donors (Lipinski definition) is 0. The normalized spacial score (nSPS) is 13.1. The van der Waals surface area contributed by atoms with Gasteiger partial charge in [0.1, 0.15) is 0 Å². The first-order chi connectivity index (χ1) is 33.8. The van der Waals surface area contributed by atoms with E-state index < -0.39 is 5.41 Å². The van der Waals surface area contributed by atoms with Gasteiger partial charge in [-0.3, -0.25) is 0 Å². The fourth-order valence-corrected chi connectivity index (χ4v) is 13.5. The molecule has 1 spiro atoms. The number of aromatic nitrogens is 1. The van der Waals surface area contributed by atoms with E-state index in [-0.39, 0.29) is 0 Å². The van der Waals surface area contributed by atoms with Gasteiger partial charge in [0, 0.05) is 59.1 Å². The lowest BCUT2D eigenvalue weighted by Gasteiger charge is -2.32. The maximum Gasteiger partial charge on any atom is 0.0726 e. The second-order valence-electron chi connectivity index (χ2n) is 18.3. The molecule has 0 N–H and O–H groups in total. The highest BCUT2D eigenvalue weighted by molar-refractivity contribution is 7.27.